The summed E-state index contributed by atoms with van der Waals surface area (Å²) in [5.74, 6) is 1.66. The highest BCUT2D eigenvalue weighted by Gasteiger charge is 2.11. The molecule has 0 saturated carbocycles. The number of fused-ring (bicyclic) bond motifs is 1. The molecule has 0 aliphatic carbocycles. The molecule has 2 aromatic rings. The normalized spacial score (nSPS) is 13.4. The van der Waals surface area contributed by atoms with Gasteiger partial charge in [0.05, 0.1) is 17.7 Å². The lowest BCUT2D eigenvalue weighted by Gasteiger charge is -2.18. The van der Waals surface area contributed by atoms with Crippen LogP contribution < -0.4 is 9.47 Å². The van der Waals surface area contributed by atoms with E-state index in [-0.39, 0.29) is 11.5 Å². The number of hydrogen-bond donors (Lipinski definition) is 0. The summed E-state index contributed by atoms with van der Waals surface area (Å²) in [4.78, 5) is 0. The van der Waals surface area contributed by atoms with E-state index in [2.05, 4.69) is 32.9 Å². The van der Waals surface area contributed by atoms with E-state index in [1.54, 1.807) is 0 Å². The summed E-state index contributed by atoms with van der Waals surface area (Å²) in [6, 6.07) is 10.2. The number of halogens is 2. The van der Waals surface area contributed by atoms with Gasteiger partial charge in [0.15, 0.2) is 0 Å². The molecule has 2 nitrogen and oxygen atoms in total. The van der Waals surface area contributed by atoms with Crippen molar-refractivity contribution in [2.45, 2.75) is 90.0 Å². The summed E-state index contributed by atoms with van der Waals surface area (Å²) < 4.78 is 12.1. The summed E-state index contributed by atoms with van der Waals surface area (Å²) in [5.41, 5.74) is 0. The molecule has 2 rings (SSSR count). The topological polar surface area (TPSA) is 18.5 Å². The molecule has 0 aliphatic heterocycles. The Balaban J connectivity index is 1.95. The molecule has 0 amide bonds. The Labute approximate surface area is 186 Å². The fraction of sp³-hybridized carbons (Fsp3) is 0.600. The van der Waals surface area contributed by atoms with Crippen LogP contribution in [-0.2, 0) is 0 Å². The van der Waals surface area contributed by atoms with E-state index in [0.29, 0.717) is 11.6 Å². The molecular formula is C25H36Cl2O2. The molecule has 162 valence electrons. The standard InChI is InChI=1S/C25H36Cl2O2/c1-4-7-8-12-21(6-3)29-22-14-15-23-19(18-22)13-16-24(25(23)27)28-17-10-9-11-20(26)5-2/h13-16,18,20-21H,4-12,17H2,1-3H3. The van der Waals surface area contributed by atoms with Gasteiger partial charge in [-0.05, 0) is 74.6 Å². The van der Waals surface area contributed by atoms with Gasteiger partial charge in [0, 0.05) is 10.8 Å². The molecule has 29 heavy (non-hydrogen) atoms. The Hall–Kier alpha value is -1.12. The highest BCUT2D eigenvalue weighted by atomic mass is 35.5. The first kappa shape index (κ1) is 24.2. The molecule has 0 aliphatic rings. The molecule has 2 atom stereocenters. The molecule has 0 heterocycles. The summed E-state index contributed by atoms with van der Waals surface area (Å²) >= 11 is 12.8. The van der Waals surface area contributed by atoms with Crippen LogP contribution in [0.1, 0.15) is 78.6 Å². The van der Waals surface area contributed by atoms with Gasteiger partial charge in [-0.1, -0.05) is 51.3 Å². The number of rotatable bonds is 14. The zero-order valence-corrected chi connectivity index (χ0v) is 19.7. The third-order valence-corrected chi connectivity index (χ3v) is 6.31. The van der Waals surface area contributed by atoms with Gasteiger partial charge in [-0.2, -0.15) is 0 Å². The third-order valence-electron chi connectivity index (χ3n) is 5.39. The number of hydrogen-bond acceptors (Lipinski definition) is 2. The largest absolute Gasteiger partial charge is 0.492 e. The van der Waals surface area contributed by atoms with Crippen LogP contribution in [0, 0.1) is 0 Å². The quantitative estimate of drug-likeness (QED) is 0.216. The van der Waals surface area contributed by atoms with Crippen molar-refractivity contribution in [3.8, 4) is 11.5 Å². The number of benzene rings is 2. The van der Waals surface area contributed by atoms with Crippen molar-refractivity contribution in [2.75, 3.05) is 6.61 Å². The first-order valence-corrected chi connectivity index (χ1v) is 12.1. The lowest BCUT2D eigenvalue weighted by atomic mass is 10.1. The van der Waals surface area contributed by atoms with Crippen LogP contribution in [-0.4, -0.2) is 18.1 Å². The van der Waals surface area contributed by atoms with Gasteiger partial charge in [-0.3, -0.25) is 0 Å². The SMILES string of the molecule is CCCCCC(CC)Oc1ccc2c(Cl)c(OCCCCC(Cl)CC)ccc2c1. The smallest absolute Gasteiger partial charge is 0.138 e. The van der Waals surface area contributed by atoms with Gasteiger partial charge < -0.3 is 9.47 Å². The van der Waals surface area contributed by atoms with Crippen molar-refractivity contribution in [3.63, 3.8) is 0 Å². The van der Waals surface area contributed by atoms with Crippen molar-refractivity contribution in [2.24, 2.45) is 0 Å². The maximum absolute atomic E-state index is 6.61. The Morgan fingerprint density at radius 3 is 2.41 bits per heavy atom. The van der Waals surface area contributed by atoms with E-state index in [1.807, 2.05) is 18.2 Å². The Morgan fingerprint density at radius 2 is 1.69 bits per heavy atom. The second-order valence-electron chi connectivity index (χ2n) is 7.75. The molecule has 0 aromatic heterocycles. The second kappa shape index (κ2) is 13.2. The van der Waals surface area contributed by atoms with Crippen LogP contribution in [0.5, 0.6) is 11.5 Å². The van der Waals surface area contributed by atoms with Crippen LogP contribution in [0.4, 0.5) is 0 Å². The minimum Gasteiger partial charge on any atom is -0.492 e. The van der Waals surface area contributed by atoms with E-state index < -0.39 is 0 Å². The molecule has 0 bridgehead atoms. The number of alkyl halides is 1. The van der Waals surface area contributed by atoms with Gasteiger partial charge in [0.2, 0.25) is 0 Å². The van der Waals surface area contributed by atoms with Crippen molar-refractivity contribution < 1.29 is 9.47 Å². The van der Waals surface area contributed by atoms with E-state index in [4.69, 9.17) is 32.7 Å². The first-order valence-electron chi connectivity index (χ1n) is 11.2. The average Bonchev–Trinajstić information content (AvgIpc) is 2.74. The van der Waals surface area contributed by atoms with E-state index >= 15 is 0 Å². The predicted octanol–water partition coefficient (Wildman–Crippen LogP) is 8.80. The lowest BCUT2D eigenvalue weighted by Crippen LogP contribution is -2.15. The van der Waals surface area contributed by atoms with Gasteiger partial charge in [0.25, 0.3) is 0 Å². The van der Waals surface area contributed by atoms with Crippen molar-refractivity contribution in [1.29, 1.82) is 0 Å². The number of unbranched alkanes of at least 4 members (excludes halogenated alkanes) is 3. The first-order chi connectivity index (χ1) is 14.1. The van der Waals surface area contributed by atoms with Crippen LogP contribution >= 0.6 is 23.2 Å². The van der Waals surface area contributed by atoms with Crippen molar-refractivity contribution in [3.05, 3.63) is 35.4 Å². The Bertz CT molecular complexity index is 732. The second-order valence-corrected chi connectivity index (χ2v) is 8.75. The van der Waals surface area contributed by atoms with E-state index in [9.17, 15) is 0 Å². The molecule has 2 aromatic carbocycles. The van der Waals surface area contributed by atoms with Crippen LogP contribution in [0.2, 0.25) is 5.02 Å². The van der Waals surface area contributed by atoms with Crippen LogP contribution in [0.25, 0.3) is 10.8 Å². The highest BCUT2D eigenvalue weighted by molar-refractivity contribution is 6.37. The maximum atomic E-state index is 6.61. The van der Waals surface area contributed by atoms with Gasteiger partial charge in [0.1, 0.15) is 11.5 Å². The maximum Gasteiger partial charge on any atom is 0.138 e. The van der Waals surface area contributed by atoms with Crippen molar-refractivity contribution in [1.82, 2.24) is 0 Å². The zero-order valence-electron chi connectivity index (χ0n) is 18.2. The molecule has 0 spiro atoms. The van der Waals surface area contributed by atoms with E-state index in [1.165, 1.54) is 19.3 Å². The number of ether oxygens (including phenoxy) is 2. The van der Waals surface area contributed by atoms with Crippen LogP contribution in [0.3, 0.4) is 0 Å². The minimum absolute atomic E-state index is 0.273. The molecule has 0 fully saturated rings. The lowest BCUT2D eigenvalue weighted by molar-refractivity contribution is 0.183. The Kier molecular flexibility index (Phi) is 11.0. The van der Waals surface area contributed by atoms with Crippen molar-refractivity contribution >= 4 is 34.0 Å². The molecular weight excluding hydrogens is 403 g/mol. The monoisotopic (exact) mass is 438 g/mol. The predicted molar refractivity (Wildman–Crippen MR) is 127 cm³/mol. The summed E-state index contributed by atoms with van der Waals surface area (Å²) in [6.45, 7) is 7.20. The third kappa shape index (κ3) is 7.90. The summed E-state index contributed by atoms with van der Waals surface area (Å²) in [5, 5.41) is 3.03. The fourth-order valence-electron chi connectivity index (χ4n) is 3.45. The Morgan fingerprint density at radius 1 is 0.897 bits per heavy atom. The summed E-state index contributed by atoms with van der Waals surface area (Å²) in [6.07, 6.45) is 10.2. The highest BCUT2D eigenvalue weighted by Crippen LogP contribution is 2.35. The fourth-order valence-corrected chi connectivity index (χ4v) is 3.89. The molecule has 2 unspecified atom stereocenters. The molecule has 4 heteroatoms. The van der Waals surface area contributed by atoms with Gasteiger partial charge >= 0.3 is 0 Å². The minimum atomic E-state index is 0.273. The molecule has 0 saturated heterocycles. The zero-order chi connectivity index (χ0) is 21.1. The molecule has 0 radical (unpaired) electrons. The summed E-state index contributed by atoms with van der Waals surface area (Å²) in [7, 11) is 0. The molecule has 0 N–H and O–H groups in total. The van der Waals surface area contributed by atoms with Gasteiger partial charge in [-0.25, -0.2) is 0 Å². The van der Waals surface area contributed by atoms with E-state index in [0.717, 1.165) is 60.8 Å². The van der Waals surface area contributed by atoms with Gasteiger partial charge in [-0.15, -0.1) is 11.6 Å². The van der Waals surface area contributed by atoms with Crippen LogP contribution in [0.15, 0.2) is 30.3 Å². The average molecular weight is 439 g/mol.